The zero-order valence-corrected chi connectivity index (χ0v) is 8.77. The molecular weight excluding hydrogens is 229 g/mol. The average Bonchev–Trinajstić information content (AvgIpc) is 2.29. The Labute approximate surface area is 96.3 Å². The number of carboxylic acids is 1. The molecule has 6 heteroatoms. The van der Waals surface area contributed by atoms with Crippen molar-refractivity contribution in [2.45, 2.75) is 6.42 Å². The van der Waals surface area contributed by atoms with Crippen LogP contribution in [-0.4, -0.2) is 29.3 Å². The molecular formula is C11H10FNO4. The van der Waals surface area contributed by atoms with E-state index in [0.717, 1.165) is 0 Å². The van der Waals surface area contributed by atoms with Crippen LogP contribution in [0.1, 0.15) is 5.56 Å². The number of rotatable bonds is 4. The zero-order chi connectivity index (χ0) is 12.8. The Balaban J connectivity index is 2.42. The highest BCUT2D eigenvalue weighted by Crippen LogP contribution is 2.03. The van der Waals surface area contributed by atoms with Crippen molar-refractivity contribution in [1.29, 1.82) is 0 Å². The van der Waals surface area contributed by atoms with Crippen LogP contribution in [0.3, 0.4) is 0 Å². The van der Waals surface area contributed by atoms with Gasteiger partial charge in [0, 0.05) is 6.42 Å². The molecule has 0 spiro atoms. The summed E-state index contributed by atoms with van der Waals surface area (Å²) in [6.45, 7) is -0.359. The minimum atomic E-state index is -1.64. The fourth-order valence-corrected chi connectivity index (χ4v) is 1.15. The zero-order valence-electron chi connectivity index (χ0n) is 8.77. The van der Waals surface area contributed by atoms with Crippen molar-refractivity contribution in [3.8, 4) is 0 Å². The standard InChI is InChI=1S/C11H10FNO4/c12-8-3-1-7(2-4-8)5-9(14)6-13-10(15)11(16)17/h1-4H,5-6H2,(H,13,15)(H,16,17). The molecule has 1 amide bonds. The lowest BCUT2D eigenvalue weighted by molar-refractivity contribution is -0.150. The Hall–Kier alpha value is -2.24. The number of hydrogen-bond acceptors (Lipinski definition) is 3. The number of benzene rings is 1. The first kappa shape index (κ1) is 12.8. The molecule has 0 aliphatic heterocycles. The number of aliphatic carboxylic acids is 1. The number of carbonyl (C=O) groups is 3. The van der Waals surface area contributed by atoms with E-state index in [1.54, 1.807) is 0 Å². The first-order chi connectivity index (χ1) is 7.99. The van der Waals surface area contributed by atoms with Crippen LogP contribution in [0.2, 0.25) is 0 Å². The van der Waals surface area contributed by atoms with Gasteiger partial charge in [-0.25, -0.2) is 9.18 Å². The van der Waals surface area contributed by atoms with Crippen molar-refractivity contribution >= 4 is 17.7 Å². The van der Waals surface area contributed by atoms with Gasteiger partial charge in [0.1, 0.15) is 5.82 Å². The largest absolute Gasteiger partial charge is 0.474 e. The van der Waals surface area contributed by atoms with Gasteiger partial charge in [0.25, 0.3) is 0 Å². The number of Topliss-reactive ketones (excluding diaryl/α,β-unsaturated/α-hetero) is 1. The SMILES string of the molecule is O=C(CNC(=O)C(=O)O)Cc1ccc(F)cc1. The number of nitrogens with one attached hydrogen (secondary N) is 1. The first-order valence-corrected chi connectivity index (χ1v) is 4.76. The number of halogens is 1. The van der Waals surface area contributed by atoms with Crippen molar-refractivity contribution in [1.82, 2.24) is 5.32 Å². The smallest absolute Gasteiger partial charge is 0.394 e. The van der Waals surface area contributed by atoms with Gasteiger partial charge in [-0.1, -0.05) is 12.1 Å². The van der Waals surface area contributed by atoms with Crippen LogP contribution >= 0.6 is 0 Å². The van der Waals surface area contributed by atoms with E-state index in [0.29, 0.717) is 5.56 Å². The molecule has 0 aromatic heterocycles. The van der Waals surface area contributed by atoms with E-state index in [-0.39, 0.29) is 18.7 Å². The predicted octanol–water partition coefficient (Wildman–Crippen LogP) is 0.138. The highest BCUT2D eigenvalue weighted by atomic mass is 19.1. The van der Waals surface area contributed by atoms with Gasteiger partial charge in [0.05, 0.1) is 6.54 Å². The van der Waals surface area contributed by atoms with Crippen LogP contribution in [0.25, 0.3) is 0 Å². The summed E-state index contributed by atoms with van der Waals surface area (Å²) in [5.74, 6) is -3.62. The maximum atomic E-state index is 12.6. The number of ketones is 1. The molecule has 0 atom stereocenters. The summed E-state index contributed by atoms with van der Waals surface area (Å²) < 4.78 is 12.6. The number of hydrogen-bond donors (Lipinski definition) is 2. The molecule has 5 nitrogen and oxygen atoms in total. The van der Waals surface area contributed by atoms with Gasteiger partial charge in [-0.05, 0) is 17.7 Å². The Morgan fingerprint density at radius 2 is 1.76 bits per heavy atom. The second kappa shape index (κ2) is 5.74. The Bertz CT molecular complexity index is 441. The summed E-state index contributed by atoms with van der Waals surface area (Å²) in [6, 6.07) is 5.34. The number of amides is 1. The van der Waals surface area contributed by atoms with Crippen molar-refractivity contribution in [3.63, 3.8) is 0 Å². The minimum absolute atomic E-state index is 0.0141. The van der Waals surface area contributed by atoms with E-state index < -0.39 is 17.7 Å². The summed E-state index contributed by atoms with van der Waals surface area (Å²) >= 11 is 0. The van der Waals surface area contributed by atoms with Crippen LogP contribution in [0.4, 0.5) is 4.39 Å². The van der Waals surface area contributed by atoms with Crippen LogP contribution in [0.15, 0.2) is 24.3 Å². The van der Waals surface area contributed by atoms with E-state index in [2.05, 4.69) is 0 Å². The van der Waals surface area contributed by atoms with Crippen molar-refractivity contribution in [2.75, 3.05) is 6.54 Å². The van der Waals surface area contributed by atoms with E-state index >= 15 is 0 Å². The van der Waals surface area contributed by atoms with E-state index in [9.17, 15) is 18.8 Å². The van der Waals surface area contributed by atoms with Gasteiger partial charge in [-0.15, -0.1) is 0 Å². The predicted molar refractivity (Wildman–Crippen MR) is 55.8 cm³/mol. The van der Waals surface area contributed by atoms with Crippen LogP contribution < -0.4 is 5.32 Å². The summed E-state index contributed by atoms with van der Waals surface area (Å²) in [7, 11) is 0. The normalized spacial score (nSPS) is 9.71. The molecule has 0 fully saturated rings. The third-order valence-electron chi connectivity index (χ3n) is 1.95. The molecule has 1 aromatic rings. The van der Waals surface area contributed by atoms with E-state index in [1.807, 2.05) is 5.32 Å². The van der Waals surface area contributed by atoms with Gasteiger partial charge in [-0.2, -0.15) is 0 Å². The molecule has 1 rings (SSSR count). The second-order valence-electron chi connectivity index (χ2n) is 3.33. The molecule has 0 unspecified atom stereocenters. The molecule has 0 aliphatic rings. The average molecular weight is 239 g/mol. The number of carbonyl (C=O) groups excluding carboxylic acids is 2. The highest BCUT2D eigenvalue weighted by molar-refractivity contribution is 6.31. The van der Waals surface area contributed by atoms with Crippen LogP contribution in [-0.2, 0) is 20.8 Å². The van der Waals surface area contributed by atoms with E-state index in [4.69, 9.17) is 5.11 Å². The Morgan fingerprint density at radius 3 is 2.29 bits per heavy atom. The molecule has 1 aromatic carbocycles. The molecule has 0 saturated heterocycles. The molecule has 0 radical (unpaired) electrons. The third kappa shape index (κ3) is 4.42. The molecule has 0 aliphatic carbocycles. The van der Waals surface area contributed by atoms with Crippen molar-refractivity contribution < 1.29 is 23.9 Å². The lowest BCUT2D eigenvalue weighted by atomic mass is 10.1. The van der Waals surface area contributed by atoms with Crippen molar-refractivity contribution in [3.05, 3.63) is 35.6 Å². The van der Waals surface area contributed by atoms with Gasteiger partial charge in [0.15, 0.2) is 5.78 Å². The summed E-state index contributed by atoms with van der Waals surface area (Å²) in [6.07, 6.45) is 0.0141. The van der Waals surface area contributed by atoms with Gasteiger partial charge >= 0.3 is 11.9 Å². The topological polar surface area (TPSA) is 83.5 Å². The van der Waals surface area contributed by atoms with E-state index in [1.165, 1.54) is 24.3 Å². The van der Waals surface area contributed by atoms with Gasteiger partial charge < -0.3 is 10.4 Å². The maximum absolute atomic E-state index is 12.6. The second-order valence-corrected chi connectivity index (χ2v) is 3.33. The third-order valence-corrected chi connectivity index (χ3v) is 1.95. The summed E-state index contributed by atoms with van der Waals surface area (Å²) in [5, 5.41) is 10.2. The first-order valence-electron chi connectivity index (χ1n) is 4.76. The molecule has 0 heterocycles. The van der Waals surface area contributed by atoms with Crippen molar-refractivity contribution in [2.24, 2.45) is 0 Å². The minimum Gasteiger partial charge on any atom is -0.474 e. The highest BCUT2D eigenvalue weighted by Gasteiger charge is 2.12. The Morgan fingerprint density at radius 1 is 1.18 bits per heavy atom. The van der Waals surface area contributed by atoms with Crippen LogP contribution in [0, 0.1) is 5.82 Å². The molecule has 90 valence electrons. The summed E-state index contributed by atoms with van der Waals surface area (Å²) in [4.78, 5) is 32.1. The maximum Gasteiger partial charge on any atom is 0.394 e. The lowest BCUT2D eigenvalue weighted by Crippen LogP contribution is -2.35. The quantitative estimate of drug-likeness (QED) is 0.732. The van der Waals surface area contributed by atoms with Gasteiger partial charge in [0.2, 0.25) is 0 Å². The lowest BCUT2D eigenvalue weighted by Gasteiger charge is -2.02. The molecule has 2 N–H and O–H groups in total. The fraction of sp³-hybridized carbons (Fsp3) is 0.182. The molecule has 0 bridgehead atoms. The molecule has 0 saturated carbocycles. The summed E-state index contributed by atoms with van der Waals surface area (Å²) in [5.41, 5.74) is 0.598. The fourth-order valence-electron chi connectivity index (χ4n) is 1.15. The number of carboxylic acid groups (broad SMARTS) is 1. The molecule has 17 heavy (non-hydrogen) atoms. The monoisotopic (exact) mass is 239 g/mol. The van der Waals surface area contributed by atoms with Gasteiger partial charge in [-0.3, -0.25) is 9.59 Å². The Kier molecular flexibility index (Phi) is 4.33. The van der Waals surface area contributed by atoms with Crippen LogP contribution in [0.5, 0.6) is 0 Å².